The van der Waals surface area contributed by atoms with Gasteiger partial charge in [-0.1, -0.05) is 44.2 Å². The minimum atomic E-state index is -0.156. The molecule has 2 rings (SSSR count). The Kier molecular flexibility index (Phi) is 6.60. The highest BCUT2D eigenvalue weighted by molar-refractivity contribution is 5.83. The summed E-state index contributed by atoms with van der Waals surface area (Å²) in [5, 5.41) is 0. The van der Waals surface area contributed by atoms with E-state index >= 15 is 0 Å². The molecule has 4 nitrogen and oxygen atoms in total. The highest BCUT2D eigenvalue weighted by atomic mass is 16.2. The molecule has 0 aliphatic carbocycles. The Bertz CT molecular complexity index is 477. The molecule has 0 bridgehead atoms. The van der Waals surface area contributed by atoms with Crippen molar-refractivity contribution in [3.63, 3.8) is 0 Å². The smallest absolute Gasteiger partial charge is 0.244 e. The van der Waals surface area contributed by atoms with Gasteiger partial charge in [0, 0.05) is 32.2 Å². The molecule has 0 radical (unpaired) electrons. The van der Waals surface area contributed by atoms with Gasteiger partial charge in [0.1, 0.15) is 6.04 Å². The van der Waals surface area contributed by atoms with E-state index in [1.165, 1.54) is 0 Å². The summed E-state index contributed by atoms with van der Waals surface area (Å²) < 4.78 is 0. The third kappa shape index (κ3) is 4.33. The minimum Gasteiger partial charge on any atom is -0.338 e. The summed E-state index contributed by atoms with van der Waals surface area (Å²) in [7, 11) is 0. The Labute approximate surface area is 141 Å². The number of carbonyl (C=O) groups is 1. The molecule has 0 aromatic heterocycles. The zero-order valence-corrected chi connectivity index (χ0v) is 15.0. The molecule has 0 N–H and O–H groups in total. The van der Waals surface area contributed by atoms with Crippen LogP contribution >= 0.6 is 0 Å². The van der Waals surface area contributed by atoms with Crippen molar-refractivity contribution in [1.29, 1.82) is 0 Å². The van der Waals surface area contributed by atoms with E-state index in [4.69, 9.17) is 0 Å². The fourth-order valence-electron chi connectivity index (χ4n) is 3.37. The van der Waals surface area contributed by atoms with Crippen molar-refractivity contribution < 1.29 is 4.79 Å². The number of rotatable bonds is 6. The first-order valence-corrected chi connectivity index (χ1v) is 8.90. The number of benzene rings is 1. The SMILES string of the molecule is CCN(CC)C(C(=O)N1CCN(C(C)C)CC1)c1ccccc1. The van der Waals surface area contributed by atoms with Crippen LogP contribution < -0.4 is 0 Å². The third-order valence-corrected chi connectivity index (χ3v) is 4.88. The summed E-state index contributed by atoms with van der Waals surface area (Å²) in [6.45, 7) is 14.1. The van der Waals surface area contributed by atoms with Crippen molar-refractivity contribution in [3.05, 3.63) is 35.9 Å². The number of hydrogen-bond acceptors (Lipinski definition) is 3. The van der Waals surface area contributed by atoms with Crippen LogP contribution in [0.25, 0.3) is 0 Å². The van der Waals surface area contributed by atoms with Crippen LogP contribution in [0.3, 0.4) is 0 Å². The Morgan fingerprint density at radius 2 is 1.61 bits per heavy atom. The van der Waals surface area contributed by atoms with Crippen molar-refractivity contribution in [1.82, 2.24) is 14.7 Å². The second-order valence-corrected chi connectivity index (χ2v) is 6.49. The maximum absolute atomic E-state index is 13.2. The van der Waals surface area contributed by atoms with E-state index < -0.39 is 0 Å². The standard InChI is InChI=1S/C19H31N3O/c1-5-20(6-2)18(17-10-8-7-9-11-17)19(23)22-14-12-21(13-15-22)16(3)4/h7-11,16,18H,5-6,12-15H2,1-4H3. The van der Waals surface area contributed by atoms with Crippen molar-refractivity contribution >= 4 is 5.91 Å². The molecule has 1 aromatic rings. The zero-order valence-electron chi connectivity index (χ0n) is 15.0. The largest absolute Gasteiger partial charge is 0.338 e. The molecule has 1 atom stereocenters. The van der Waals surface area contributed by atoms with E-state index in [9.17, 15) is 4.79 Å². The topological polar surface area (TPSA) is 26.8 Å². The predicted octanol–water partition coefficient (Wildman–Crippen LogP) is 2.62. The molecule has 1 amide bonds. The lowest BCUT2D eigenvalue weighted by atomic mass is 10.0. The highest BCUT2D eigenvalue weighted by Crippen LogP contribution is 2.24. The monoisotopic (exact) mass is 317 g/mol. The Morgan fingerprint density at radius 1 is 1.04 bits per heavy atom. The summed E-state index contributed by atoms with van der Waals surface area (Å²) in [6, 6.07) is 10.6. The van der Waals surface area contributed by atoms with E-state index in [-0.39, 0.29) is 11.9 Å². The van der Waals surface area contributed by atoms with E-state index in [2.05, 4.69) is 54.5 Å². The lowest BCUT2D eigenvalue weighted by molar-refractivity contribution is -0.139. The number of likely N-dealkylation sites (N-methyl/N-ethyl adjacent to an activating group) is 1. The maximum Gasteiger partial charge on any atom is 0.244 e. The molecule has 1 unspecified atom stereocenters. The number of hydrogen-bond donors (Lipinski definition) is 0. The Morgan fingerprint density at radius 3 is 2.09 bits per heavy atom. The summed E-state index contributed by atoms with van der Waals surface area (Å²) in [6.07, 6.45) is 0. The highest BCUT2D eigenvalue weighted by Gasteiger charge is 2.31. The average Bonchev–Trinajstić information content (AvgIpc) is 2.59. The van der Waals surface area contributed by atoms with Crippen LogP contribution in [0.2, 0.25) is 0 Å². The van der Waals surface area contributed by atoms with Gasteiger partial charge < -0.3 is 4.90 Å². The molecule has 1 aliphatic rings. The molecule has 1 saturated heterocycles. The van der Waals surface area contributed by atoms with Crippen LogP contribution in [0.1, 0.15) is 39.3 Å². The second kappa shape index (κ2) is 8.46. The first-order chi connectivity index (χ1) is 11.1. The van der Waals surface area contributed by atoms with Crippen LogP contribution in [0.5, 0.6) is 0 Å². The minimum absolute atomic E-state index is 0.156. The van der Waals surface area contributed by atoms with Gasteiger partial charge in [0.15, 0.2) is 0 Å². The Hall–Kier alpha value is -1.39. The summed E-state index contributed by atoms with van der Waals surface area (Å²) in [5.74, 6) is 0.253. The normalized spacial score (nSPS) is 17.7. The molecular weight excluding hydrogens is 286 g/mol. The molecule has 1 aliphatic heterocycles. The van der Waals surface area contributed by atoms with Crippen molar-refractivity contribution in [2.75, 3.05) is 39.3 Å². The van der Waals surface area contributed by atoms with Gasteiger partial charge in [0.05, 0.1) is 0 Å². The van der Waals surface area contributed by atoms with Gasteiger partial charge in [-0.05, 0) is 32.5 Å². The van der Waals surface area contributed by atoms with Crippen molar-refractivity contribution in [2.24, 2.45) is 0 Å². The molecule has 0 saturated carbocycles. The van der Waals surface area contributed by atoms with Crippen molar-refractivity contribution in [3.8, 4) is 0 Å². The summed E-state index contributed by atoms with van der Waals surface area (Å²) in [4.78, 5) is 20.0. The number of nitrogens with zero attached hydrogens (tertiary/aromatic N) is 3. The lowest BCUT2D eigenvalue weighted by Gasteiger charge is -2.40. The molecule has 1 aromatic carbocycles. The zero-order chi connectivity index (χ0) is 16.8. The van der Waals surface area contributed by atoms with E-state index in [0.29, 0.717) is 6.04 Å². The quantitative estimate of drug-likeness (QED) is 0.807. The Balaban J connectivity index is 2.14. The number of carbonyl (C=O) groups excluding carboxylic acids is 1. The molecule has 0 spiro atoms. The van der Waals surface area contributed by atoms with Crippen LogP contribution in [0, 0.1) is 0 Å². The molecule has 4 heteroatoms. The first-order valence-electron chi connectivity index (χ1n) is 8.90. The third-order valence-electron chi connectivity index (χ3n) is 4.88. The van der Waals surface area contributed by atoms with Crippen LogP contribution in [0.4, 0.5) is 0 Å². The average molecular weight is 317 g/mol. The van der Waals surface area contributed by atoms with Crippen LogP contribution in [-0.4, -0.2) is 65.9 Å². The number of piperazine rings is 1. The van der Waals surface area contributed by atoms with Gasteiger partial charge in [-0.3, -0.25) is 14.6 Å². The van der Waals surface area contributed by atoms with Gasteiger partial charge >= 0.3 is 0 Å². The molecule has 1 fully saturated rings. The van der Waals surface area contributed by atoms with Gasteiger partial charge in [0.2, 0.25) is 5.91 Å². The second-order valence-electron chi connectivity index (χ2n) is 6.49. The fraction of sp³-hybridized carbons (Fsp3) is 0.632. The fourth-order valence-corrected chi connectivity index (χ4v) is 3.37. The van der Waals surface area contributed by atoms with Gasteiger partial charge in [-0.15, -0.1) is 0 Å². The van der Waals surface area contributed by atoms with Crippen LogP contribution in [0.15, 0.2) is 30.3 Å². The molecular formula is C19H31N3O. The maximum atomic E-state index is 13.2. The molecule has 23 heavy (non-hydrogen) atoms. The van der Waals surface area contributed by atoms with Gasteiger partial charge in [-0.2, -0.15) is 0 Å². The predicted molar refractivity (Wildman–Crippen MR) is 95.4 cm³/mol. The van der Waals surface area contributed by atoms with Crippen LogP contribution in [-0.2, 0) is 4.79 Å². The van der Waals surface area contributed by atoms with Crippen molar-refractivity contribution in [2.45, 2.75) is 39.8 Å². The van der Waals surface area contributed by atoms with Gasteiger partial charge in [0.25, 0.3) is 0 Å². The van der Waals surface area contributed by atoms with E-state index in [1.54, 1.807) is 0 Å². The lowest BCUT2D eigenvalue weighted by Crippen LogP contribution is -2.53. The number of amides is 1. The molecule has 128 valence electrons. The van der Waals surface area contributed by atoms with E-state index in [0.717, 1.165) is 44.8 Å². The first kappa shape index (κ1) is 18.0. The molecule has 1 heterocycles. The summed E-state index contributed by atoms with van der Waals surface area (Å²) >= 11 is 0. The van der Waals surface area contributed by atoms with E-state index in [1.807, 2.05) is 18.2 Å². The van der Waals surface area contributed by atoms with Gasteiger partial charge in [-0.25, -0.2) is 0 Å². The summed E-state index contributed by atoms with van der Waals surface area (Å²) in [5.41, 5.74) is 1.10.